The number of thiazole rings is 1. The monoisotopic (exact) mass is 330 g/mol. The summed E-state index contributed by atoms with van der Waals surface area (Å²) in [6.07, 6.45) is 1.66. The van der Waals surface area contributed by atoms with Crippen molar-refractivity contribution in [1.82, 2.24) is 9.97 Å². The second-order valence-electron chi connectivity index (χ2n) is 4.64. The van der Waals surface area contributed by atoms with E-state index in [2.05, 4.69) is 9.97 Å². The maximum atomic E-state index is 13.5. The minimum Gasteiger partial charge on any atom is -0.457 e. The Kier molecular flexibility index (Phi) is 5.82. The quantitative estimate of drug-likeness (QED) is 0.610. The van der Waals surface area contributed by atoms with E-state index in [4.69, 9.17) is 4.74 Å². The topological polar surface area (TPSA) is 35.0 Å². The third-order valence-corrected chi connectivity index (χ3v) is 3.77. The molecule has 0 aliphatic heterocycles. The fourth-order valence-electron chi connectivity index (χ4n) is 1.87. The van der Waals surface area contributed by atoms with Gasteiger partial charge in [0, 0.05) is 23.7 Å². The predicted molar refractivity (Wildman–Crippen MR) is 92.6 cm³/mol. The Hall–Kier alpha value is -2.27. The fourth-order valence-corrected chi connectivity index (χ4v) is 2.48. The molecule has 0 bridgehead atoms. The van der Waals surface area contributed by atoms with Gasteiger partial charge < -0.3 is 4.74 Å². The second-order valence-corrected chi connectivity index (χ2v) is 5.70. The largest absolute Gasteiger partial charge is 0.457 e. The number of halogens is 1. The third-order valence-electron chi connectivity index (χ3n) is 2.99. The van der Waals surface area contributed by atoms with Gasteiger partial charge in [-0.15, -0.1) is 11.3 Å². The zero-order valence-corrected chi connectivity index (χ0v) is 14.4. The molecule has 0 fully saturated rings. The first-order valence-corrected chi connectivity index (χ1v) is 8.32. The lowest BCUT2D eigenvalue weighted by molar-refractivity contribution is 0.475. The number of hydrogen-bond donors (Lipinski definition) is 0. The van der Waals surface area contributed by atoms with E-state index in [-0.39, 0.29) is 5.82 Å². The highest BCUT2D eigenvalue weighted by Crippen LogP contribution is 2.27. The Labute approximate surface area is 139 Å². The molecule has 2 heterocycles. The van der Waals surface area contributed by atoms with E-state index in [1.54, 1.807) is 48.7 Å². The van der Waals surface area contributed by atoms with Crippen LogP contribution in [0, 0.1) is 19.7 Å². The SMILES string of the molecule is CC.Cc1nc(-c2cc(Oc3ccc(C)c(F)c3)ccn2)cs1. The molecule has 1 aromatic carbocycles. The first kappa shape index (κ1) is 17.1. The summed E-state index contributed by atoms with van der Waals surface area (Å²) >= 11 is 1.57. The molecule has 0 atom stereocenters. The van der Waals surface area contributed by atoms with Crippen LogP contribution in [0.5, 0.6) is 11.5 Å². The van der Waals surface area contributed by atoms with Crippen molar-refractivity contribution < 1.29 is 9.13 Å². The molecule has 0 radical (unpaired) electrons. The summed E-state index contributed by atoms with van der Waals surface area (Å²) in [7, 11) is 0. The van der Waals surface area contributed by atoms with Gasteiger partial charge in [-0.2, -0.15) is 0 Å². The van der Waals surface area contributed by atoms with Crippen LogP contribution in [0.2, 0.25) is 0 Å². The van der Waals surface area contributed by atoms with Gasteiger partial charge in [0.25, 0.3) is 0 Å². The number of rotatable bonds is 3. The lowest BCUT2D eigenvalue weighted by atomic mass is 10.2. The average molecular weight is 330 g/mol. The Bertz CT molecular complexity index is 786. The number of hydrogen-bond acceptors (Lipinski definition) is 4. The molecular weight excluding hydrogens is 311 g/mol. The normalized spacial score (nSPS) is 9.96. The summed E-state index contributed by atoms with van der Waals surface area (Å²) < 4.78 is 19.2. The molecule has 2 aromatic heterocycles. The Morgan fingerprint density at radius 1 is 1.00 bits per heavy atom. The molecule has 3 nitrogen and oxygen atoms in total. The predicted octanol–water partition coefficient (Wildman–Crippen LogP) is 5.78. The molecule has 0 aliphatic rings. The Morgan fingerprint density at radius 3 is 2.39 bits per heavy atom. The molecule has 120 valence electrons. The van der Waals surface area contributed by atoms with Crippen LogP contribution in [0.3, 0.4) is 0 Å². The molecular formula is C18H19FN2OS. The second kappa shape index (κ2) is 7.83. The minimum atomic E-state index is -0.281. The van der Waals surface area contributed by atoms with Crippen molar-refractivity contribution in [1.29, 1.82) is 0 Å². The first-order chi connectivity index (χ1) is 11.1. The standard InChI is InChI=1S/C16H13FN2OS.C2H6/c1-10-3-4-12(7-14(10)17)20-13-5-6-18-15(8-13)16-9-21-11(2)19-16;1-2/h3-9H,1-2H3;1-2H3. The smallest absolute Gasteiger partial charge is 0.131 e. The van der Waals surface area contributed by atoms with Crippen molar-refractivity contribution >= 4 is 11.3 Å². The summed E-state index contributed by atoms with van der Waals surface area (Å²) in [4.78, 5) is 8.68. The lowest BCUT2D eigenvalue weighted by Crippen LogP contribution is -1.90. The number of benzene rings is 1. The molecule has 3 rings (SSSR count). The number of pyridine rings is 1. The number of aromatic nitrogens is 2. The van der Waals surface area contributed by atoms with E-state index in [9.17, 15) is 4.39 Å². The third kappa shape index (κ3) is 4.36. The lowest BCUT2D eigenvalue weighted by Gasteiger charge is -2.07. The fraction of sp³-hybridized carbons (Fsp3) is 0.222. The summed E-state index contributed by atoms with van der Waals surface area (Å²) in [5.41, 5.74) is 2.15. The molecule has 0 amide bonds. The van der Waals surface area contributed by atoms with Gasteiger partial charge in [0.05, 0.1) is 16.4 Å². The van der Waals surface area contributed by atoms with Crippen LogP contribution in [-0.4, -0.2) is 9.97 Å². The molecule has 0 unspecified atom stereocenters. The molecule has 0 N–H and O–H groups in total. The van der Waals surface area contributed by atoms with Crippen LogP contribution >= 0.6 is 11.3 Å². The highest BCUT2D eigenvalue weighted by Gasteiger charge is 2.07. The number of aryl methyl sites for hydroxylation is 2. The van der Waals surface area contributed by atoms with Gasteiger partial charge in [-0.3, -0.25) is 4.98 Å². The Morgan fingerprint density at radius 2 is 1.74 bits per heavy atom. The summed E-state index contributed by atoms with van der Waals surface area (Å²) in [6, 6.07) is 8.34. The van der Waals surface area contributed by atoms with E-state index >= 15 is 0 Å². The van der Waals surface area contributed by atoms with E-state index in [0.717, 1.165) is 16.4 Å². The van der Waals surface area contributed by atoms with E-state index in [1.807, 2.05) is 26.2 Å². The van der Waals surface area contributed by atoms with Gasteiger partial charge >= 0.3 is 0 Å². The molecule has 0 saturated carbocycles. The van der Waals surface area contributed by atoms with E-state index in [0.29, 0.717) is 17.1 Å². The highest BCUT2D eigenvalue weighted by molar-refractivity contribution is 7.09. The van der Waals surface area contributed by atoms with E-state index in [1.165, 1.54) is 6.07 Å². The zero-order valence-electron chi connectivity index (χ0n) is 13.6. The van der Waals surface area contributed by atoms with Crippen LogP contribution in [0.1, 0.15) is 24.4 Å². The maximum Gasteiger partial charge on any atom is 0.131 e. The van der Waals surface area contributed by atoms with Crippen LogP contribution in [-0.2, 0) is 0 Å². The molecule has 5 heteroatoms. The van der Waals surface area contributed by atoms with Crippen molar-refractivity contribution in [3.8, 4) is 22.9 Å². The van der Waals surface area contributed by atoms with Crippen molar-refractivity contribution in [3.05, 3.63) is 58.3 Å². The average Bonchev–Trinajstić information content (AvgIpc) is 3.00. The molecule has 0 saturated heterocycles. The van der Waals surface area contributed by atoms with Gasteiger partial charge in [0.1, 0.15) is 17.3 Å². The summed E-state index contributed by atoms with van der Waals surface area (Å²) in [6.45, 7) is 7.66. The van der Waals surface area contributed by atoms with Crippen LogP contribution in [0.4, 0.5) is 4.39 Å². The van der Waals surface area contributed by atoms with Gasteiger partial charge in [0.15, 0.2) is 0 Å². The van der Waals surface area contributed by atoms with Gasteiger partial charge in [0.2, 0.25) is 0 Å². The van der Waals surface area contributed by atoms with Gasteiger partial charge in [-0.05, 0) is 31.5 Å². The molecule has 0 aliphatic carbocycles. The van der Waals surface area contributed by atoms with Gasteiger partial charge in [-0.25, -0.2) is 9.37 Å². The van der Waals surface area contributed by atoms with Crippen LogP contribution in [0.25, 0.3) is 11.4 Å². The van der Waals surface area contributed by atoms with Crippen LogP contribution < -0.4 is 4.74 Å². The Balaban J connectivity index is 0.000000924. The molecule has 0 spiro atoms. The number of nitrogens with zero attached hydrogens (tertiary/aromatic N) is 2. The van der Waals surface area contributed by atoms with Crippen LogP contribution in [0.15, 0.2) is 41.9 Å². The maximum absolute atomic E-state index is 13.5. The van der Waals surface area contributed by atoms with Gasteiger partial charge in [-0.1, -0.05) is 19.9 Å². The van der Waals surface area contributed by atoms with E-state index < -0.39 is 0 Å². The number of ether oxygens (including phenoxy) is 1. The van der Waals surface area contributed by atoms with Crippen molar-refractivity contribution in [2.45, 2.75) is 27.7 Å². The van der Waals surface area contributed by atoms with Crippen molar-refractivity contribution in [3.63, 3.8) is 0 Å². The highest BCUT2D eigenvalue weighted by atomic mass is 32.1. The van der Waals surface area contributed by atoms with Crippen molar-refractivity contribution in [2.24, 2.45) is 0 Å². The van der Waals surface area contributed by atoms with Crippen molar-refractivity contribution in [2.75, 3.05) is 0 Å². The summed E-state index contributed by atoms with van der Waals surface area (Å²) in [5.74, 6) is 0.788. The summed E-state index contributed by atoms with van der Waals surface area (Å²) in [5, 5.41) is 2.94. The molecule has 3 aromatic rings. The minimum absolute atomic E-state index is 0.281. The zero-order chi connectivity index (χ0) is 16.8. The first-order valence-electron chi connectivity index (χ1n) is 7.44. The molecule has 23 heavy (non-hydrogen) atoms.